The molecule has 1 saturated carbocycles. The van der Waals surface area contributed by atoms with Gasteiger partial charge in [-0.3, -0.25) is 0 Å². The molecule has 0 bridgehead atoms. The number of hydrogen-bond donors (Lipinski definition) is 1. The van der Waals surface area contributed by atoms with Crippen LogP contribution in [-0.2, 0) is 10.2 Å². The molecular formula is C28H32N4O3. The van der Waals surface area contributed by atoms with Crippen LogP contribution >= 0.6 is 0 Å². The molecule has 6 rings (SSSR count). The standard InChI is InChI=1S/C28H32N4O3/c1-27(2,19-3-7-23(8-4-19)34-25-11-21(29)12-25)20-5-9-24(10-6-20)35-26-30-13-22(14-31-26)32-15-28(16-32)17-33-18-28/h3-10,13-14,21,25H,11-12,15-18,29H2,1-2H3/t21-,25-. The zero-order chi connectivity index (χ0) is 24.0. The summed E-state index contributed by atoms with van der Waals surface area (Å²) in [6.45, 7) is 8.21. The number of rotatable bonds is 7. The zero-order valence-electron chi connectivity index (χ0n) is 20.3. The van der Waals surface area contributed by atoms with Crippen LogP contribution in [0.3, 0.4) is 0 Å². The van der Waals surface area contributed by atoms with Gasteiger partial charge in [0.05, 0.1) is 36.7 Å². The van der Waals surface area contributed by atoms with Gasteiger partial charge < -0.3 is 24.8 Å². The van der Waals surface area contributed by atoms with Crippen LogP contribution < -0.4 is 20.1 Å². The molecule has 0 atom stereocenters. The lowest BCUT2D eigenvalue weighted by Gasteiger charge is -2.55. The lowest BCUT2D eigenvalue weighted by molar-refractivity contribution is -0.127. The second-order valence-corrected chi connectivity index (χ2v) is 10.8. The Morgan fingerprint density at radius 1 is 0.914 bits per heavy atom. The van der Waals surface area contributed by atoms with Crippen LogP contribution in [0.15, 0.2) is 60.9 Å². The fourth-order valence-electron chi connectivity index (χ4n) is 5.10. The number of anilines is 1. The zero-order valence-corrected chi connectivity index (χ0v) is 20.3. The highest BCUT2D eigenvalue weighted by Crippen LogP contribution is 2.40. The second kappa shape index (κ2) is 8.50. The highest BCUT2D eigenvalue weighted by molar-refractivity contribution is 5.47. The molecule has 7 heteroatoms. The summed E-state index contributed by atoms with van der Waals surface area (Å²) in [7, 11) is 0. The molecule has 2 aromatic carbocycles. The maximum Gasteiger partial charge on any atom is 0.322 e. The fourth-order valence-corrected chi connectivity index (χ4v) is 5.10. The first-order valence-corrected chi connectivity index (χ1v) is 12.3. The summed E-state index contributed by atoms with van der Waals surface area (Å²) < 4.78 is 17.2. The van der Waals surface area contributed by atoms with Crippen molar-refractivity contribution in [3.05, 3.63) is 72.1 Å². The molecule has 1 spiro atoms. The van der Waals surface area contributed by atoms with E-state index in [4.69, 9.17) is 19.9 Å². The lowest BCUT2D eigenvalue weighted by atomic mass is 9.78. The number of aromatic nitrogens is 2. The van der Waals surface area contributed by atoms with Gasteiger partial charge in [-0.1, -0.05) is 38.1 Å². The van der Waals surface area contributed by atoms with Gasteiger partial charge >= 0.3 is 6.01 Å². The normalized spacial score (nSPS) is 22.7. The summed E-state index contributed by atoms with van der Waals surface area (Å²) in [4.78, 5) is 11.1. The van der Waals surface area contributed by atoms with Gasteiger partial charge in [-0.25, -0.2) is 9.97 Å². The molecule has 0 radical (unpaired) electrons. The van der Waals surface area contributed by atoms with Gasteiger partial charge in [-0.05, 0) is 48.2 Å². The first-order valence-electron chi connectivity index (χ1n) is 12.3. The molecule has 35 heavy (non-hydrogen) atoms. The van der Waals surface area contributed by atoms with Gasteiger partial charge in [0.1, 0.15) is 17.6 Å². The largest absolute Gasteiger partial charge is 0.490 e. The van der Waals surface area contributed by atoms with Crippen molar-refractivity contribution >= 4 is 5.69 Å². The molecule has 3 aliphatic rings. The summed E-state index contributed by atoms with van der Waals surface area (Å²) in [5, 5.41) is 0. The summed E-state index contributed by atoms with van der Waals surface area (Å²) >= 11 is 0. The summed E-state index contributed by atoms with van der Waals surface area (Å²) in [6, 6.07) is 17.2. The van der Waals surface area contributed by atoms with Crippen molar-refractivity contribution in [2.45, 2.75) is 44.2 Å². The predicted octanol–water partition coefficient (Wildman–Crippen LogP) is 4.30. The van der Waals surface area contributed by atoms with Crippen LogP contribution in [0.4, 0.5) is 5.69 Å². The summed E-state index contributed by atoms with van der Waals surface area (Å²) in [5.41, 5.74) is 9.52. The van der Waals surface area contributed by atoms with Crippen molar-refractivity contribution in [1.29, 1.82) is 0 Å². The van der Waals surface area contributed by atoms with E-state index in [1.807, 2.05) is 24.5 Å². The van der Waals surface area contributed by atoms with Crippen molar-refractivity contribution in [3.63, 3.8) is 0 Å². The molecule has 1 aromatic heterocycles. The maximum atomic E-state index is 6.00. The van der Waals surface area contributed by atoms with Crippen molar-refractivity contribution in [2.24, 2.45) is 11.1 Å². The Hall–Kier alpha value is -3.16. The molecule has 3 aromatic rings. The molecular weight excluding hydrogens is 440 g/mol. The smallest absolute Gasteiger partial charge is 0.322 e. The molecule has 0 amide bonds. The predicted molar refractivity (Wildman–Crippen MR) is 134 cm³/mol. The minimum Gasteiger partial charge on any atom is -0.490 e. The van der Waals surface area contributed by atoms with Gasteiger partial charge in [0.25, 0.3) is 0 Å². The molecule has 1 aliphatic carbocycles. The Morgan fingerprint density at radius 3 is 2.00 bits per heavy atom. The number of hydrogen-bond acceptors (Lipinski definition) is 7. The first kappa shape index (κ1) is 22.3. The Bertz CT molecular complexity index is 1160. The molecule has 2 aliphatic heterocycles. The van der Waals surface area contributed by atoms with E-state index in [0.29, 0.717) is 17.2 Å². The molecule has 0 unspecified atom stereocenters. The molecule has 3 heterocycles. The highest BCUT2D eigenvalue weighted by atomic mass is 16.5. The number of nitrogens with zero attached hydrogens (tertiary/aromatic N) is 3. The average Bonchev–Trinajstić information content (AvgIpc) is 2.78. The van der Waals surface area contributed by atoms with Crippen molar-refractivity contribution in [1.82, 2.24) is 9.97 Å². The van der Waals surface area contributed by atoms with E-state index in [0.717, 1.165) is 50.6 Å². The minimum atomic E-state index is -0.159. The number of nitrogens with two attached hydrogens (primary N) is 1. The topological polar surface area (TPSA) is 82.7 Å². The third-order valence-corrected chi connectivity index (χ3v) is 7.64. The number of ether oxygens (including phenoxy) is 3. The quantitative estimate of drug-likeness (QED) is 0.549. The van der Waals surface area contributed by atoms with Gasteiger partial charge in [0.15, 0.2) is 0 Å². The molecule has 2 saturated heterocycles. The van der Waals surface area contributed by atoms with Crippen LogP contribution in [0, 0.1) is 5.41 Å². The third-order valence-electron chi connectivity index (χ3n) is 7.64. The van der Waals surface area contributed by atoms with E-state index in [2.05, 4.69) is 65.1 Å². The van der Waals surface area contributed by atoms with E-state index >= 15 is 0 Å². The second-order valence-electron chi connectivity index (χ2n) is 10.8. The highest BCUT2D eigenvalue weighted by Gasteiger charge is 2.49. The van der Waals surface area contributed by atoms with E-state index in [1.54, 1.807) is 0 Å². The summed E-state index contributed by atoms with van der Waals surface area (Å²) in [6.07, 6.45) is 5.79. The SMILES string of the molecule is CC(C)(c1ccc(Oc2ncc(N3CC4(COC4)C3)cn2)cc1)c1ccc(O[C@H]2C[C@H](N)C2)cc1. The molecule has 7 nitrogen and oxygen atoms in total. The van der Waals surface area contributed by atoms with Crippen LogP contribution in [0.25, 0.3) is 0 Å². The maximum absolute atomic E-state index is 6.00. The average molecular weight is 473 g/mol. The van der Waals surface area contributed by atoms with Crippen molar-refractivity contribution < 1.29 is 14.2 Å². The van der Waals surface area contributed by atoms with Gasteiger partial charge in [-0.2, -0.15) is 0 Å². The van der Waals surface area contributed by atoms with Crippen LogP contribution in [-0.4, -0.2) is 48.4 Å². The molecule has 182 valence electrons. The van der Waals surface area contributed by atoms with Gasteiger partial charge in [0, 0.05) is 24.5 Å². The van der Waals surface area contributed by atoms with Crippen molar-refractivity contribution in [3.8, 4) is 17.5 Å². The van der Waals surface area contributed by atoms with E-state index in [1.165, 1.54) is 11.1 Å². The third kappa shape index (κ3) is 4.34. The van der Waals surface area contributed by atoms with E-state index < -0.39 is 0 Å². The molecule has 3 fully saturated rings. The van der Waals surface area contributed by atoms with Crippen LogP contribution in [0.1, 0.15) is 37.8 Å². The fraction of sp³-hybridized carbons (Fsp3) is 0.429. The monoisotopic (exact) mass is 472 g/mol. The minimum absolute atomic E-state index is 0.159. The van der Waals surface area contributed by atoms with Crippen LogP contribution in [0.5, 0.6) is 17.5 Å². The van der Waals surface area contributed by atoms with E-state index in [9.17, 15) is 0 Å². The Kier molecular flexibility index (Phi) is 5.42. The van der Waals surface area contributed by atoms with Crippen LogP contribution in [0.2, 0.25) is 0 Å². The Labute approximate surface area is 206 Å². The van der Waals surface area contributed by atoms with Gasteiger partial charge in [0.2, 0.25) is 0 Å². The Balaban J connectivity index is 1.07. The van der Waals surface area contributed by atoms with E-state index in [-0.39, 0.29) is 17.6 Å². The van der Waals surface area contributed by atoms with Gasteiger partial charge in [-0.15, -0.1) is 0 Å². The number of benzene rings is 2. The Morgan fingerprint density at radius 2 is 1.49 bits per heavy atom. The summed E-state index contributed by atoms with van der Waals surface area (Å²) in [5.74, 6) is 1.62. The van der Waals surface area contributed by atoms with Crippen molar-refractivity contribution in [2.75, 3.05) is 31.2 Å². The lowest BCUT2D eigenvalue weighted by Crippen LogP contribution is -2.66. The first-order chi connectivity index (χ1) is 16.9. The molecule has 2 N–H and O–H groups in total.